The number of benzene rings is 2. The minimum absolute atomic E-state index is 0.151. The van der Waals surface area contributed by atoms with E-state index in [2.05, 4.69) is 20.5 Å². The van der Waals surface area contributed by atoms with E-state index in [-0.39, 0.29) is 5.91 Å². The van der Waals surface area contributed by atoms with Crippen LogP contribution in [0.2, 0.25) is 0 Å². The van der Waals surface area contributed by atoms with Crippen molar-refractivity contribution in [3.63, 3.8) is 0 Å². The van der Waals surface area contributed by atoms with Gasteiger partial charge in [-0.1, -0.05) is 48.5 Å². The molecule has 2 aromatic carbocycles. The summed E-state index contributed by atoms with van der Waals surface area (Å²) < 4.78 is 0. The van der Waals surface area contributed by atoms with Crippen molar-refractivity contribution in [2.75, 3.05) is 6.54 Å². The van der Waals surface area contributed by atoms with E-state index in [4.69, 9.17) is 0 Å². The van der Waals surface area contributed by atoms with Gasteiger partial charge in [0.25, 0.3) is 5.91 Å². The first-order valence-electron chi connectivity index (χ1n) is 9.63. The molecule has 2 heterocycles. The number of hydrogen-bond donors (Lipinski definition) is 2. The van der Waals surface area contributed by atoms with Crippen molar-refractivity contribution in [3.8, 4) is 22.5 Å². The molecule has 0 fully saturated rings. The van der Waals surface area contributed by atoms with Crippen LogP contribution < -0.4 is 5.32 Å². The van der Waals surface area contributed by atoms with Crippen LogP contribution in [-0.2, 0) is 6.42 Å². The predicted molar refractivity (Wildman–Crippen MR) is 115 cm³/mol. The molecule has 4 rings (SSSR count). The van der Waals surface area contributed by atoms with Crippen molar-refractivity contribution < 1.29 is 9.59 Å². The van der Waals surface area contributed by atoms with Gasteiger partial charge in [-0.3, -0.25) is 19.7 Å². The van der Waals surface area contributed by atoms with Gasteiger partial charge in [0.1, 0.15) is 6.29 Å². The number of nitrogens with zero attached hydrogens (tertiary/aromatic N) is 2. The Morgan fingerprint density at radius 1 is 1.00 bits per heavy atom. The fraction of sp³-hybridized carbons (Fsp3) is 0.0833. The van der Waals surface area contributed by atoms with Gasteiger partial charge in [0.2, 0.25) is 0 Å². The number of aldehydes is 1. The average Bonchev–Trinajstić information content (AvgIpc) is 3.30. The monoisotopic (exact) mass is 396 g/mol. The minimum atomic E-state index is -0.151. The van der Waals surface area contributed by atoms with Crippen LogP contribution in [0.25, 0.3) is 22.5 Å². The third-order valence-electron chi connectivity index (χ3n) is 4.78. The molecule has 0 saturated carbocycles. The van der Waals surface area contributed by atoms with Crippen LogP contribution in [0.5, 0.6) is 0 Å². The number of amides is 1. The maximum atomic E-state index is 12.8. The Kier molecular flexibility index (Phi) is 5.75. The van der Waals surface area contributed by atoms with E-state index in [1.54, 1.807) is 24.4 Å². The SMILES string of the molecule is O=Cc1ccc(-c2cc(-c3ccccc3C(=O)NCCc3ccccn3)n[nH]2)cc1. The van der Waals surface area contributed by atoms with Crippen molar-refractivity contribution in [1.82, 2.24) is 20.5 Å². The standard InChI is InChI=1S/C24H20N4O2/c29-16-17-8-10-18(11-9-17)22-15-23(28-27-22)20-6-1-2-7-21(20)24(30)26-14-12-19-5-3-4-13-25-19/h1-11,13,15-16H,12,14H2,(H,26,30)(H,27,28). The molecule has 148 valence electrons. The van der Waals surface area contributed by atoms with E-state index in [9.17, 15) is 9.59 Å². The van der Waals surface area contributed by atoms with Gasteiger partial charge in [0.15, 0.2) is 0 Å². The topological polar surface area (TPSA) is 87.7 Å². The largest absolute Gasteiger partial charge is 0.352 e. The Labute approximate surface area is 174 Å². The highest BCUT2D eigenvalue weighted by Crippen LogP contribution is 2.26. The average molecular weight is 396 g/mol. The smallest absolute Gasteiger partial charge is 0.251 e. The maximum absolute atomic E-state index is 12.8. The van der Waals surface area contributed by atoms with Crippen LogP contribution in [-0.4, -0.2) is 33.9 Å². The normalized spacial score (nSPS) is 10.5. The molecule has 0 spiro atoms. The molecular formula is C24H20N4O2. The van der Waals surface area contributed by atoms with Gasteiger partial charge in [-0.25, -0.2) is 0 Å². The minimum Gasteiger partial charge on any atom is -0.352 e. The van der Waals surface area contributed by atoms with Crippen molar-refractivity contribution in [3.05, 3.63) is 95.8 Å². The zero-order valence-corrected chi connectivity index (χ0v) is 16.2. The van der Waals surface area contributed by atoms with Crippen LogP contribution >= 0.6 is 0 Å². The lowest BCUT2D eigenvalue weighted by Gasteiger charge is -2.08. The lowest BCUT2D eigenvalue weighted by Crippen LogP contribution is -2.26. The molecule has 0 saturated heterocycles. The second-order valence-corrected chi connectivity index (χ2v) is 6.78. The Hall–Kier alpha value is -4.06. The van der Waals surface area contributed by atoms with E-state index >= 15 is 0 Å². The Balaban J connectivity index is 1.50. The molecule has 0 atom stereocenters. The van der Waals surface area contributed by atoms with Gasteiger partial charge < -0.3 is 5.32 Å². The molecule has 6 nitrogen and oxygen atoms in total. The van der Waals surface area contributed by atoms with Crippen LogP contribution in [0, 0.1) is 0 Å². The summed E-state index contributed by atoms with van der Waals surface area (Å²) in [5.74, 6) is -0.151. The zero-order chi connectivity index (χ0) is 20.8. The van der Waals surface area contributed by atoms with Crippen LogP contribution in [0.3, 0.4) is 0 Å². The number of aromatic amines is 1. The Bertz CT molecular complexity index is 1150. The summed E-state index contributed by atoms with van der Waals surface area (Å²) in [6.07, 6.45) is 3.22. The van der Waals surface area contributed by atoms with E-state index < -0.39 is 0 Å². The lowest BCUT2D eigenvalue weighted by molar-refractivity contribution is 0.0954. The van der Waals surface area contributed by atoms with Crippen molar-refractivity contribution in [2.45, 2.75) is 6.42 Å². The molecule has 0 aliphatic heterocycles. The fourth-order valence-corrected chi connectivity index (χ4v) is 3.20. The van der Waals surface area contributed by atoms with Gasteiger partial charge in [-0.15, -0.1) is 0 Å². The second kappa shape index (κ2) is 8.96. The lowest BCUT2D eigenvalue weighted by atomic mass is 10.0. The number of carbonyl (C=O) groups excluding carboxylic acids is 2. The first-order valence-corrected chi connectivity index (χ1v) is 9.63. The van der Waals surface area contributed by atoms with Crippen LogP contribution in [0.15, 0.2) is 79.0 Å². The highest BCUT2D eigenvalue weighted by atomic mass is 16.1. The van der Waals surface area contributed by atoms with Gasteiger partial charge in [-0.2, -0.15) is 5.10 Å². The summed E-state index contributed by atoms with van der Waals surface area (Å²) in [4.78, 5) is 27.9. The summed E-state index contributed by atoms with van der Waals surface area (Å²) in [7, 11) is 0. The summed E-state index contributed by atoms with van der Waals surface area (Å²) >= 11 is 0. The van der Waals surface area contributed by atoms with Crippen LogP contribution in [0.4, 0.5) is 0 Å². The summed E-state index contributed by atoms with van der Waals surface area (Å²) in [6, 6.07) is 22.3. The van der Waals surface area contributed by atoms with E-state index in [0.29, 0.717) is 29.8 Å². The molecule has 0 unspecified atom stereocenters. The first kappa shape index (κ1) is 19.3. The molecule has 2 N–H and O–H groups in total. The van der Waals surface area contributed by atoms with Crippen molar-refractivity contribution in [2.24, 2.45) is 0 Å². The number of carbonyl (C=O) groups is 2. The molecule has 0 aliphatic rings. The number of hydrogen-bond acceptors (Lipinski definition) is 4. The number of H-pyrrole nitrogens is 1. The van der Waals surface area contributed by atoms with Crippen molar-refractivity contribution >= 4 is 12.2 Å². The second-order valence-electron chi connectivity index (χ2n) is 6.78. The molecule has 2 aromatic heterocycles. The third-order valence-corrected chi connectivity index (χ3v) is 4.78. The van der Waals surface area contributed by atoms with E-state index in [0.717, 1.165) is 28.8 Å². The van der Waals surface area contributed by atoms with E-state index in [1.165, 1.54) is 0 Å². The Morgan fingerprint density at radius 2 is 1.80 bits per heavy atom. The predicted octanol–water partition coefficient (Wildman–Crippen LogP) is 3.92. The van der Waals surface area contributed by atoms with Gasteiger partial charge in [0, 0.05) is 41.5 Å². The first-order chi connectivity index (χ1) is 14.7. The van der Waals surface area contributed by atoms with Crippen LogP contribution in [0.1, 0.15) is 26.4 Å². The quantitative estimate of drug-likeness (QED) is 0.464. The molecule has 4 aromatic rings. The third kappa shape index (κ3) is 4.33. The van der Waals surface area contributed by atoms with Gasteiger partial charge in [-0.05, 0) is 29.8 Å². The number of aromatic nitrogens is 3. The number of nitrogens with one attached hydrogen (secondary N) is 2. The summed E-state index contributed by atoms with van der Waals surface area (Å²) in [5.41, 5.74) is 5.27. The maximum Gasteiger partial charge on any atom is 0.251 e. The summed E-state index contributed by atoms with van der Waals surface area (Å²) in [5, 5.41) is 10.4. The molecule has 0 aliphatic carbocycles. The van der Waals surface area contributed by atoms with E-state index in [1.807, 2.05) is 54.6 Å². The molecule has 0 bridgehead atoms. The number of pyridine rings is 1. The molecule has 30 heavy (non-hydrogen) atoms. The zero-order valence-electron chi connectivity index (χ0n) is 16.2. The molecule has 1 amide bonds. The molecule has 6 heteroatoms. The highest BCUT2D eigenvalue weighted by molar-refractivity contribution is 6.00. The number of rotatable bonds is 7. The van der Waals surface area contributed by atoms with Gasteiger partial charge in [0.05, 0.1) is 11.4 Å². The fourth-order valence-electron chi connectivity index (χ4n) is 3.20. The molecule has 0 radical (unpaired) electrons. The Morgan fingerprint density at radius 3 is 2.57 bits per heavy atom. The van der Waals surface area contributed by atoms with Gasteiger partial charge >= 0.3 is 0 Å². The van der Waals surface area contributed by atoms with Crippen molar-refractivity contribution in [1.29, 1.82) is 0 Å². The molecular weight excluding hydrogens is 376 g/mol. The summed E-state index contributed by atoms with van der Waals surface area (Å²) in [6.45, 7) is 0.499. The highest BCUT2D eigenvalue weighted by Gasteiger charge is 2.15.